The lowest BCUT2D eigenvalue weighted by Crippen LogP contribution is -2.36. The molecular formula is C13H30Cl2N2O2. The van der Waals surface area contributed by atoms with Gasteiger partial charge in [-0.3, -0.25) is 4.90 Å². The van der Waals surface area contributed by atoms with Crippen molar-refractivity contribution < 1.29 is 9.47 Å². The van der Waals surface area contributed by atoms with Crippen LogP contribution in [0.25, 0.3) is 0 Å². The number of unbranched alkanes of at least 4 members (excludes halogenated alkanes) is 1. The number of likely N-dealkylation sites (N-methyl/N-ethyl adjacent to an activating group) is 1. The summed E-state index contributed by atoms with van der Waals surface area (Å²) in [4.78, 5) is 4.75. The first-order valence-electron chi connectivity index (χ1n) is 6.89. The van der Waals surface area contributed by atoms with Gasteiger partial charge in [0.15, 0.2) is 0 Å². The number of morpholine rings is 2. The SMILES string of the molecule is CCCCN1CCOCC1.CN1CCOCC1.Cl.Cl. The van der Waals surface area contributed by atoms with Gasteiger partial charge in [0.2, 0.25) is 0 Å². The van der Waals surface area contributed by atoms with Crippen LogP contribution in [0.5, 0.6) is 0 Å². The highest BCUT2D eigenvalue weighted by Gasteiger charge is 2.08. The number of halogens is 2. The maximum absolute atomic E-state index is 5.24. The molecule has 2 saturated heterocycles. The first-order valence-corrected chi connectivity index (χ1v) is 6.89. The molecule has 118 valence electrons. The number of hydrogen-bond donors (Lipinski definition) is 0. The molecule has 19 heavy (non-hydrogen) atoms. The zero-order valence-electron chi connectivity index (χ0n) is 12.3. The normalized spacial score (nSPS) is 20.5. The first-order chi connectivity index (χ1) is 8.33. The Bertz CT molecular complexity index is 176. The van der Waals surface area contributed by atoms with Crippen LogP contribution in [0.4, 0.5) is 0 Å². The molecule has 0 aliphatic carbocycles. The third-order valence-electron chi connectivity index (χ3n) is 3.17. The maximum atomic E-state index is 5.24. The second-order valence-electron chi connectivity index (χ2n) is 4.72. The maximum Gasteiger partial charge on any atom is 0.0594 e. The Morgan fingerprint density at radius 3 is 1.68 bits per heavy atom. The number of ether oxygens (including phenoxy) is 2. The summed E-state index contributed by atoms with van der Waals surface area (Å²) in [5, 5.41) is 0. The molecule has 2 heterocycles. The molecule has 0 atom stereocenters. The summed E-state index contributed by atoms with van der Waals surface area (Å²) in [7, 11) is 2.11. The molecule has 0 saturated carbocycles. The van der Waals surface area contributed by atoms with Crippen LogP contribution in [0.1, 0.15) is 19.8 Å². The summed E-state index contributed by atoms with van der Waals surface area (Å²) in [5.41, 5.74) is 0. The fourth-order valence-electron chi connectivity index (χ4n) is 1.86. The largest absolute Gasteiger partial charge is 0.379 e. The van der Waals surface area contributed by atoms with Crippen molar-refractivity contribution in [2.45, 2.75) is 19.8 Å². The number of nitrogens with zero attached hydrogens (tertiary/aromatic N) is 2. The van der Waals surface area contributed by atoms with Crippen LogP contribution in [-0.4, -0.2) is 76.0 Å². The lowest BCUT2D eigenvalue weighted by Gasteiger charge is -2.26. The van der Waals surface area contributed by atoms with Crippen LogP contribution >= 0.6 is 24.8 Å². The van der Waals surface area contributed by atoms with Crippen LogP contribution in [-0.2, 0) is 9.47 Å². The quantitative estimate of drug-likeness (QED) is 0.794. The van der Waals surface area contributed by atoms with Crippen molar-refractivity contribution in [3.63, 3.8) is 0 Å². The van der Waals surface area contributed by atoms with E-state index in [1.54, 1.807) is 0 Å². The third-order valence-corrected chi connectivity index (χ3v) is 3.17. The van der Waals surface area contributed by atoms with E-state index in [0.717, 1.165) is 52.6 Å². The Balaban J connectivity index is 0. The molecule has 0 N–H and O–H groups in total. The lowest BCUT2D eigenvalue weighted by molar-refractivity contribution is 0.0373. The third kappa shape index (κ3) is 11.9. The highest BCUT2D eigenvalue weighted by atomic mass is 35.5. The van der Waals surface area contributed by atoms with Gasteiger partial charge >= 0.3 is 0 Å². The molecule has 0 radical (unpaired) electrons. The second kappa shape index (κ2) is 14.8. The monoisotopic (exact) mass is 316 g/mol. The van der Waals surface area contributed by atoms with Gasteiger partial charge in [0, 0.05) is 26.2 Å². The van der Waals surface area contributed by atoms with Crippen molar-refractivity contribution >= 4 is 24.8 Å². The van der Waals surface area contributed by atoms with E-state index in [9.17, 15) is 0 Å². The van der Waals surface area contributed by atoms with E-state index in [0.29, 0.717) is 0 Å². The highest BCUT2D eigenvalue weighted by molar-refractivity contribution is 5.85. The summed E-state index contributed by atoms with van der Waals surface area (Å²) < 4.78 is 10.3. The molecule has 0 aromatic heterocycles. The molecule has 0 amide bonds. The van der Waals surface area contributed by atoms with E-state index < -0.39 is 0 Å². The van der Waals surface area contributed by atoms with Crippen LogP contribution in [0.2, 0.25) is 0 Å². The van der Waals surface area contributed by atoms with Gasteiger partial charge in [0.25, 0.3) is 0 Å². The summed E-state index contributed by atoms with van der Waals surface area (Å²) in [6.45, 7) is 11.7. The minimum Gasteiger partial charge on any atom is -0.379 e. The molecule has 2 rings (SSSR count). The minimum absolute atomic E-state index is 0. The minimum atomic E-state index is 0. The molecule has 0 aromatic rings. The van der Waals surface area contributed by atoms with Gasteiger partial charge in [0.1, 0.15) is 0 Å². The Labute approximate surface area is 130 Å². The standard InChI is InChI=1S/C8H17NO.C5H11NO.2ClH/c1-2-3-4-9-5-7-10-8-6-9;1-6-2-4-7-5-3-6;;/h2-8H2,1H3;2-5H2,1H3;2*1H. The zero-order valence-corrected chi connectivity index (χ0v) is 13.9. The highest BCUT2D eigenvalue weighted by Crippen LogP contribution is 1.98. The Kier molecular flexibility index (Phi) is 16.9. The fourth-order valence-corrected chi connectivity index (χ4v) is 1.86. The predicted octanol–water partition coefficient (Wildman–Crippen LogP) is 1.91. The first kappa shape index (κ1) is 21.7. The van der Waals surface area contributed by atoms with Crippen molar-refractivity contribution in [2.75, 3.05) is 66.2 Å². The van der Waals surface area contributed by atoms with Gasteiger partial charge in [-0.25, -0.2) is 0 Å². The van der Waals surface area contributed by atoms with E-state index in [4.69, 9.17) is 9.47 Å². The molecule has 2 fully saturated rings. The van der Waals surface area contributed by atoms with Crippen molar-refractivity contribution in [3.05, 3.63) is 0 Å². The van der Waals surface area contributed by atoms with Crippen molar-refractivity contribution in [1.29, 1.82) is 0 Å². The zero-order chi connectivity index (χ0) is 12.3. The Hall–Kier alpha value is 0.420. The van der Waals surface area contributed by atoms with Gasteiger partial charge in [-0.05, 0) is 20.0 Å². The molecular weight excluding hydrogens is 287 g/mol. The molecule has 6 heteroatoms. The second-order valence-corrected chi connectivity index (χ2v) is 4.72. The van der Waals surface area contributed by atoms with Gasteiger partial charge in [0.05, 0.1) is 26.4 Å². The van der Waals surface area contributed by atoms with E-state index in [1.807, 2.05) is 0 Å². The van der Waals surface area contributed by atoms with Crippen molar-refractivity contribution in [1.82, 2.24) is 9.80 Å². The van der Waals surface area contributed by atoms with Gasteiger partial charge in [-0.1, -0.05) is 13.3 Å². The summed E-state index contributed by atoms with van der Waals surface area (Å²) in [6, 6.07) is 0. The molecule has 4 nitrogen and oxygen atoms in total. The molecule has 2 aliphatic rings. The van der Waals surface area contributed by atoms with Crippen molar-refractivity contribution in [3.8, 4) is 0 Å². The fraction of sp³-hybridized carbons (Fsp3) is 1.00. The van der Waals surface area contributed by atoms with Gasteiger partial charge in [-0.15, -0.1) is 24.8 Å². The predicted molar refractivity (Wildman–Crippen MR) is 85.0 cm³/mol. The number of rotatable bonds is 3. The topological polar surface area (TPSA) is 24.9 Å². The van der Waals surface area contributed by atoms with Gasteiger partial charge in [-0.2, -0.15) is 0 Å². The summed E-state index contributed by atoms with van der Waals surface area (Å²) in [5.74, 6) is 0. The Morgan fingerprint density at radius 2 is 1.32 bits per heavy atom. The Morgan fingerprint density at radius 1 is 0.842 bits per heavy atom. The van der Waals surface area contributed by atoms with E-state index in [2.05, 4.69) is 23.8 Å². The average Bonchev–Trinajstić information content (AvgIpc) is 2.39. The molecule has 0 unspecified atom stereocenters. The van der Waals surface area contributed by atoms with Crippen molar-refractivity contribution in [2.24, 2.45) is 0 Å². The van der Waals surface area contributed by atoms with Crippen LogP contribution in [0.15, 0.2) is 0 Å². The molecule has 0 aromatic carbocycles. The van der Waals surface area contributed by atoms with Gasteiger partial charge < -0.3 is 14.4 Å². The molecule has 0 bridgehead atoms. The average molecular weight is 317 g/mol. The van der Waals surface area contributed by atoms with Crippen LogP contribution in [0.3, 0.4) is 0 Å². The smallest absolute Gasteiger partial charge is 0.0594 e. The van der Waals surface area contributed by atoms with E-state index in [-0.39, 0.29) is 24.8 Å². The van der Waals surface area contributed by atoms with Crippen LogP contribution < -0.4 is 0 Å². The summed E-state index contributed by atoms with van der Waals surface area (Å²) >= 11 is 0. The molecule has 2 aliphatic heterocycles. The molecule has 0 spiro atoms. The number of hydrogen-bond acceptors (Lipinski definition) is 4. The van der Waals surface area contributed by atoms with E-state index in [1.165, 1.54) is 19.4 Å². The summed E-state index contributed by atoms with van der Waals surface area (Å²) in [6.07, 6.45) is 2.64. The van der Waals surface area contributed by atoms with Crippen LogP contribution in [0, 0.1) is 0 Å². The lowest BCUT2D eigenvalue weighted by atomic mass is 10.3. The van der Waals surface area contributed by atoms with E-state index >= 15 is 0 Å².